The van der Waals surface area contributed by atoms with Crippen molar-refractivity contribution in [1.29, 1.82) is 0 Å². The Bertz CT molecular complexity index is 3690. The highest BCUT2D eigenvalue weighted by Gasteiger charge is 2.19. The number of hydrogen-bond donors (Lipinski definition) is 0. The monoisotopic (exact) mass is 680 g/mol. The van der Waals surface area contributed by atoms with E-state index in [9.17, 15) is 0 Å². The molecule has 0 saturated heterocycles. The van der Waals surface area contributed by atoms with Crippen molar-refractivity contribution in [3.63, 3.8) is 0 Å². The van der Waals surface area contributed by atoms with Gasteiger partial charge in [-0.25, -0.2) is 0 Å². The molecular weight excluding hydrogens is 657 g/mol. The van der Waals surface area contributed by atoms with Gasteiger partial charge in [-0.15, -0.1) is 0 Å². The van der Waals surface area contributed by atoms with E-state index in [1.54, 1.807) is 0 Å². The Kier molecular flexibility index (Phi) is 5.06. The van der Waals surface area contributed by atoms with Gasteiger partial charge in [0.2, 0.25) is 0 Å². The zero-order valence-corrected chi connectivity index (χ0v) is 27.9. The van der Waals surface area contributed by atoms with Crippen molar-refractivity contribution in [1.82, 2.24) is 0 Å². The molecule has 0 amide bonds. The molecular formula is C48H24O5. The fourth-order valence-corrected chi connectivity index (χ4v) is 8.60. The molecule has 5 heterocycles. The van der Waals surface area contributed by atoms with Crippen LogP contribution in [0.1, 0.15) is 0 Å². The van der Waals surface area contributed by atoms with Gasteiger partial charge in [0.05, 0.1) is 0 Å². The van der Waals surface area contributed by atoms with Crippen LogP contribution in [0.2, 0.25) is 0 Å². The Hall–Kier alpha value is -7.24. The lowest BCUT2D eigenvalue weighted by molar-refractivity contribution is 0.633. The van der Waals surface area contributed by atoms with E-state index in [0.29, 0.717) is 0 Å². The Morgan fingerprint density at radius 2 is 0.585 bits per heavy atom. The van der Waals surface area contributed by atoms with E-state index in [1.165, 1.54) is 0 Å². The van der Waals surface area contributed by atoms with Crippen LogP contribution in [0, 0.1) is 0 Å². The first-order chi connectivity index (χ1) is 26.2. The van der Waals surface area contributed by atoms with Crippen molar-refractivity contribution in [3.05, 3.63) is 146 Å². The van der Waals surface area contributed by atoms with Crippen molar-refractivity contribution < 1.29 is 22.1 Å². The molecule has 0 atom stereocenters. The van der Waals surface area contributed by atoms with E-state index in [2.05, 4.69) is 103 Å². The van der Waals surface area contributed by atoms with E-state index >= 15 is 0 Å². The minimum absolute atomic E-state index is 0.777. The van der Waals surface area contributed by atoms with E-state index in [1.807, 2.05) is 42.5 Å². The number of para-hydroxylation sites is 2. The lowest BCUT2D eigenvalue weighted by Crippen LogP contribution is -1.80. The van der Waals surface area contributed by atoms with Crippen LogP contribution >= 0.6 is 0 Å². The van der Waals surface area contributed by atoms with Crippen molar-refractivity contribution in [2.75, 3.05) is 0 Å². The molecule has 0 aliphatic carbocycles. The lowest BCUT2D eigenvalue weighted by Gasteiger charge is -2.04. The second-order valence-corrected chi connectivity index (χ2v) is 14.0. The summed E-state index contributed by atoms with van der Waals surface area (Å²) in [6.07, 6.45) is 0. The summed E-state index contributed by atoms with van der Waals surface area (Å²) in [6.45, 7) is 0. The van der Waals surface area contributed by atoms with Crippen LogP contribution in [0.3, 0.4) is 0 Å². The van der Waals surface area contributed by atoms with Gasteiger partial charge >= 0.3 is 0 Å². The minimum Gasteiger partial charge on any atom is -0.456 e. The van der Waals surface area contributed by atoms with Gasteiger partial charge in [-0.2, -0.15) is 0 Å². The van der Waals surface area contributed by atoms with E-state index in [4.69, 9.17) is 22.1 Å². The summed E-state index contributed by atoms with van der Waals surface area (Å²) in [7, 11) is 0. The molecule has 0 radical (unpaired) electrons. The predicted octanol–water partition coefficient (Wildman–Crippen LogP) is 14.5. The average Bonchev–Trinajstić information content (AvgIpc) is 4.02. The maximum Gasteiger partial charge on any atom is 0.178 e. The molecule has 0 spiro atoms. The van der Waals surface area contributed by atoms with Crippen LogP contribution in [0.25, 0.3) is 132 Å². The summed E-state index contributed by atoms with van der Waals surface area (Å²) < 4.78 is 31.6. The highest BCUT2D eigenvalue weighted by molar-refractivity contribution is 6.26. The van der Waals surface area contributed by atoms with Crippen LogP contribution in [0.5, 0.6) is 0 Å². The fourth-order valence-electron chi connectivity index (χ4n) is 8.60. The van der Waals surface area contributed by atoms with Crippen LogP contribution < -0.4 is 0 Å². The molecule has 0 unspecified atom stereocenters. The van der Waals surface area contributed by atoms with Crippen molar-refractivity contribution in [2.45, 2.75) is 0 Å². The highest BCUT2D eigenvalue weighted by Crippen LogP contribution is 2.43. The molecule has 0 saturated carbocycles. The number of furan rings is 5. The fraction of sp³-hybridized carbons (Fsp3) is 0. The molecule has 13 rings (SSSR count). The second-order valence-electron chi connectivity index (χ2n) is 14.0. The molecule has 8 aromatic carbocycles. The lowest BCUT2D eigenvalue weighted by atomic mass is 9.98. The summed E-state index contributed by atoms with van der Waals surface area (Å²) in [5, 5.41) is 10.7. The smallest absolute Gasteiger partial charge is 0.178 e. The minimum atomic E-state index is 0.777. The molecule has 5 aromatic heterocycles. The van der Waals surface area contributed by atoms with Gasteiger partial charge in [0, 0.05) is 53.9 Å². The molecule has 53 heavy (non-hydrogen) atoms. The summed E-state index contributed by atoms with van der Waals surface area (Å²) in [5.41, 5.74) is 12.8. The number of hydrogen-bond acceptors (Lipinski definition) is 5. The van der Waals surface area contributed by atoms with Crippen LogP contribution in [-0.4, -0.2) is 0 Å². The third-order valence-electron chi connectivity index (χ3n) is 11.1. The van der Waals surface area contributed by atoms with E-state index in [-0.39, 0.29) is 0 Å². The predicted molar refractivity (Wildman–Crippen MR) is 214 cm³/mol. The molecule has 0 N–H and O–H groups in total. The highest BCUT2D eigenvalue weighted by atomic mass is 16.4. The molecule has 5 heteroatoms. The summed E-state index contributed by atoms with van der Waals surface area (Å²) in [6, 6.07) is 50.3. The summed E-state index contributed by atoms with van der Waals surface area (Å²) >= 11 is 0. The van der Waals surface area contributed by atoms with Gasteiger partial charge in [-0.3, -0.25) is 0 Å². The van der Waals surface area contributed by atoms with Gasteiger partial charge in [0.1, 0.15) is 44.7 Å². The summed E-state index contributed by atoms with van der Waals surface area (Å²) in [4.78, 5) is 0. The Morgan fingerprint density at radius 3 is 1.17 bits per heavy atom. The third kappa shape index (κ3) is 3.70. The van der Waals surface area contributed by atoms with E-state index in [0.717, 1.165) is 132 Å². The zero-order valence-electron chi connectivity index (χ0n) is 27.9. The third-order valence-corrected chi connectivity index (χ3v) is 11.1. The quantitative estimate of drug-likeness (QED) is 0.182. The molecule has 246 valence electrons. The van der Waals surface area contributed by atoms with Gasteiger partial charge in [-0.05, 0) is 107 Å². The first-order valence-corrected chi connectivity index (χ1v) is 17.7. The topological polar surface area (TPSA) is 65.7 Å². The summed E-state index contributed by atoms with van der Waals surface area (Å²) in [5.74, 6) is 0. The number of benzene rings is 8. The Morgan fingerprint density at radius 1 is 0.226 bits per heavy atom. The Balaban J connectivity index is 0.952. The first-order valence-electron chi connectivity index (χ1n) is 17.7. The van der Waals surface area contributed by atoms with Gasteiger partial charge < -0.3 is 22.1 Å². The Labute approximate surface area is 298 Å². The van der Waals surface area contributed by atoms with Crippen molar-refractivity contribution >= 4 is 110 Å². The molecule has 13 aromatic rings. The molecule has 0 aliphatic heterocycles. The van der Waals surface area contributed by atoms with Crippen molar-refractivity contribution in [3.8, 4) is 22.3 Å². The van der Waals surface area contributed by atoms with Crippen LogP contribution in [0.4, 0.5) is 0 Å². The standard InChI is InChI=1S/C48H24O5/c1-3-7-37-29(5-1)30-13-14-31-33-21-25(11-17-41(33)53-48(31)47(30)52-37)26-9-15-39-34(22-26)35-23-27(10-16-40(35)49-39)28-12-18-42-36(24-28)46-44(51-42)20-19-43-45(46)32-6-2-4-8-38(32)50-43/h1-24H. The molecule has 5 nitrogen and oxygen atoms in total. The largest absolute Gasteiger partial charge is 0.456 e. The molecule has 0 fully saturated rings. The van der Waals surface area contributed by atoms with Crippen LogP contribution in [0.15, 0.2) is 168 Å². The van der Waals surface area contributed by atoms with Crippen molar-refractivity contribution in [2.24, 2.45) is 0 Å². The maximum absolute atomic E-state index is 6.42. The first kappa shape index (κ1) is 27.5. The SMILES string of the molecule is c1ccc2c(c1)oc1c2ccc2c3cc(-c4ccc5oc6ccc(-c7ccc8oc9ccc%10oc%11ccccc%11c%10c9c8c7)cc6c5c4)ccc3oc21. The van der Waals surface area contributed by atoms with E-state index < -0.39 is 0 Å². The second kappa shape index (κ2) is 9.75. The maximum atomic E-state index is 6.42. The van der Waals surface area contributed by atoms with Gasteiger partial charge in [0.15, 0.2) is 11.2 Å². The van der Waals surface area contributed by atoms with Gasteiger partial charge in [-0.1, -0.05) is 60.7 Å². The number of rotatable bonds is 2. The normalized spacial score (nSPS) is 12.5. The molecule has 0 aliphatic rings. The zero-order chi connectivity index (χ0) is 34.4. The molecule has 0 bridgehead atoms. The van der Waals surface area contributed by atoms with Gasteiger partial charge in [0.25, 0.3) is 0 Å². The number of fused-ring (bicyclic) bond motifs is 17. The average molecular weight is 681 g/mol. The van der Waals surface area contributed by atoms with Crippen LogP contribution in [-0.2, 0) is 0 Å².